The molecule has 9 heteroatoms. The highest BCUT2D eigenvalue weighted by Gasteiger charge is 2.35. The van der Waals surface area contributed by atoms with Crippen molar-refractivity contribution in [1.29, 1.82) is 0 Å². The zero-order valence-corrected chi connectivity index (χ0v) is 18.2. The molecule has 0 aliphatic carbocycles. The molecular weight excluding hydrogens is 424 g/mol. The highest BCUT2D eigenvalue weighted by atomic mass is 16.7. The first-order valence-corrected chi connectivity index (χ1v) is 10.6. The first-order chi connectivity index (χ1) is 15.9. The average molecular weight is 446 g/mol. The highest BCUT2D eigenvalue weighted by molar-refractivity contribution is 6.03. The lowest BCUT2D eigenvalue weighted by molar-refractivity contribution is -0.122. The van der Waals surface area contributed by atoms with Crippen LogP contribution in [0.5, 0.6) is 23.3 Å². The van der Waals surface area contributed by atoms with Gasteiger partial charge in [0.05, 0.1) is 5.92 Å². The van der Waals surface area contributed by atoms with Crippen LogP contribution in [0.15, 0.2) is 48.5 Å². The summed E-state index contributed by atoms with van der Waals surface area (Å²) in [7, 11) is 0. The number of amides is 2. The Labute approximate surface area is 190 Å². The Balaban J connectivity index is 1.25. The van der Waals surface area contributed by atoms with E-state index >= 15 is 0 Å². The number of aromatic nitrogens is 2. The second-order valence-electron chi connectivity index (χ2n) is 8.00. The molecule has 9 nitrogen and oxygen atoms in total. The van der Waals surface area contributed by atoms with Gasteiger partial charge in [0.2, 0.25) is 18.6 Å². The third-order valence-electron chi connectivity index (χ3n) is 5.44. The number of ether oxygens (including phenoxy) is 3. The van der Waals surface area contributed by atoms with Crippen molar-refractivity contribution in [3.05, 3.63) is 59.9 Å². The Kier molecular flexibility index (Phi) is 5.29. The number of carbonyl (C=O) groups excluding carboxylic acids is 2. The molecule has 0 radical (unpaired) electrons. The number of fused-ring (bicyclic) bond motifs is 1. The van der Waals surface area contributed by atoms with Crippen LogP contribution in [0.4, 0.5) is 11.4 Å². The minimum atomic E-state index is -0.477. The van der Waals surface area contributed by atoms with Crippen molar-refractivity contribution in [3.63, 3.8) is 0 Å². The maximum atomic E-state index is 12.9. The van der Waals surface area contributed by atoms with E-state index in [-0.39, 0.29) is 37.6 Å². The quantitative estimate of drug-likeness (QED) is 0.639. The van der Waals surface area contributed by atoms with Crippen LogP contribution in [0, 0.1) is 19.8 Å². The lowest BCUT2D eigenvalue weighted by Gasteiger charge is -2.17. The Bertz CT molecular complexity index is 1230. The Morgan fingerprint density at radius 3 is 2.67 bits per heavy atom. The molecule has 33 heavy (non-hydrogen) atoms. The Morgan fingerprint density at radius 1 is 1.06 bits per heavy atom. The van der Waals surface area contributed by atoms with Crippen molar-refractivity contribution >= 4 is 23.2 Å². The largest absolute Gasteiger partial charge is 0.454 e. The molecule has 0 saturated carbocycles. The third kappa shape index (κ3) is 4.43. The van der Waals surface area contributed by atoms with E-state index in [9.17, 15) is 9.59 Å². The normalized spacial score (nSPS) is 16.7. The molecule has 1 N–H and O–H groups in total. The summed E-state index contributed by atoms with van der Waals surface area (Å²) >= 11 is 0. The van der Waals surface area contributed by atoms with Gasteiger partial charge in [0.1, 0.15) is 5.75 Å². The van der Waals surface area contributed by atoms with Crippen LogP contribution in [0.25, 0.3) is 0 Å². The predicted molar refractivity (Wildman–Crippen MR) is 120 cm³/mol. The van der Waals surface area contributed by atoms with Crippen LogP contribution in [0.1, 0.15) is 17.8 Å². The molecule has 2 aliphatic rings. The Hall–Kier alpha value is -4.14. The molecule has 168 valence electrons. The van der Waals surface area contributed by atoms with Gasteiger partial charge in [0, 0.05) is 47.9 Å². The number of aryl methyl sites for hydroxylation is 2. The maximum absolute atomic E-state index is 12.9. The van der Waals surface area contributed by atoms with E-state index in [2.05, 4.69) is 15.3 Å². The van der Waals surface area contributed by atoms with Gasteiger partial charge in [-0.05, 0) is 44.2 Å². The fourth-order valence-corrected chi connectivity index (χ4v) is 3.91. The molecule has 1 saturated heterocycles. The minimum absolute atomic E-state index is 0.113. The zero-order chi connectivity index (χ0) is 22.9. The fraction of sp³-hybridized carbons (Fsp3) is 0.250. The molecule has 0 spiro atoms. The van der Waals surface area contributed by atoms with Crippen LogP contribution < -0.4 is 24.4 Å². The number of carbonyl (C=O) groups is 2. The van der Waals surface area contributed by atoms with Gasteiger partial charge in [-0.3, -0.25) is 9.59 Å². The number of nitrogens with one attached hydrogen (secondary N) is 1. The number of hydrogen-bond donors (Lipinski definition) is 1. The van der Waals surface area contributed by atoms with Crippen molar-refractivity contribution in [1.82, 2.24) is 9.97 Å². The van der Waals surface area contributed by atoms with E-state index in [0.29, 0.717) is 28.6 Å². The van der Waals surface area contributed by atoms with E-state index < -0.39 is 5.92 Å². The summed E-state index contributed by atoms with van der Waals surface area (Å²) in [5.41, 5.74) is 2.86. The lowest BCUT2D eigenvalue weighted by atomic mass is 10.1. The van der Waals surface area contributed by atoms with Crippen molar-refractivity contribution in [2.45, 2.75) is 20.3 Å². The molecule has 1 fully saturated rings. The van der Waals surface area contributed by atoms with Gasteiger partial charge >= 0.3 is 6.01 Å². The summed E-state index contributed by atoms with van der Waals surface area (Å²) in [6, 6.07) is 14.4. The summed E-state index contributed by atoms with van der Waals surface area (Å²) in [4.78, 5) is 35.6. The molecule has 1 unspecified atom stereocenters. The number of hydrogen-bond acceptors (Lipinski definition) is 7. The summed E-state index contributed by atoms with van der Waals surface area (Å²) in [6.07, 6.45) is 0.132. The van der Waals surface area contributed by atoms with Crippen molar-refractivity contribution in [3.8, 4) is 23.3 Å². The smallest absolute Gasteiger partial charge is 0.322 e. The molecule has 2 amide bonds. The van der Waals surface area contributed by atoms with Crippen molar-refractivity contribution in [2.75, 3.05) is 23.6 Å². The zero-order valence-electron chi connectivity index (χ0n) is 18.2. The number of benzene rings is 2. The SMILES string of the molecule is Cc1cc(C)nc(Oc2cccc(NC(=O)C3CC(=O)N(c4ccc5c(c4)OCO5)C3)c2)n1. The highest BCUT2D eigenvalue weighted by Crippen LogP contribution is 2.37. The van der Waals surface area contributed by atoms with Crippen LogP contribution in [-0.4, -0.2) is 35.1 Å². The molecule has 3 aromatic rings. The first-order valence-electron chi connectivity index (χ1n) is 10.6. The topological polar surface area (TPSA) is 103 Å². The van der Waals surface area contributed by atoms with Gasteiger partial charge in [-0.15, -0.1) is 0 Å². The van der Waals surface area contributed by atoms with E-state index in [1.807, 2.05) is 19.9 Å². The van der Waals surface area contributed by atoms with Gasteiger partial charge in [-0.25, -0.2) is 9.97 Å². The predicted octanol–water partition coefficient (Wildman–Crippen LogP) is 3.61. The van der Waals surface area contributed by atoms with Crippen LogP contribution in [0.2, 0.25) is 0 Å². The van der Waals surface area contributed by atoms with Gasteiger partial charge in [0.25, 0.3) is 0 Å². The van der Waals surface area contributed by atoms with E-state index in [1.54, 1.807) is 47.4 Å². The second kappa shape index (κ2) is 8.42. The van der Waals surface area contributed by atoms with E-state index in [4.69, 9.17) is 14.2 Å². The van der Waals surface area contributed by atoms with Gasteiger partial charge in [-0.2, -0.15) is 0 Å². The number of rotatable bonds is 5. The number of nitrogens with zero attached hydrogens (tertiary/aromatic N) is 3. The molecule has 2 aliphatic heterocycles. The third-order valence-corrected chi connectivity index (χ3v) is 5.44. The molecule has 1 atom stereocenters. The Morgan fingerprint density at radius 2 is 1.85 bits per heavy atom. The maximum Gasteiger partial charge on any atom is 0.322 e. The summed E-state index contributed by atoms with van der Waals surface area (Å²) in [5.74, 6) is 0.924. The molecule has 2 aromatic carbocycles. The fourth-order valence-electron chi connectivity index (χ4n) is 3.91. The van der Waals surface area contributed by atoms with Gasteiger partial charge < -0.3 is 24.4 Å². The standard InChI is InChI=1S/C24H22N4O5/c1-14-8-15(2)26-24(25-14)33-19-5-3-4-17(10-19)27-23(30)16-9-22(29)28(12-16)18-6-7-20-21(11-18)32-13-31-20/h3-8,10-11,16H,9,12-13H2,1-2H3,(H,27,30). The number of anilines is 2. The first kappa shape index (κ1) is 20.7. The monoisotopic (exact) mass is 446 g/mol. The second-order valence-corrected chi connectivity index (χ2v) is 8.00. The molecule has 5 rings (SSSR count). The van der Waals surface area contributed by atoms with E-state index in [0.717, 1.165) is 11.4 Å². The molecule has 0 bridgehead atoms. The summed E-state index contributed by atoms with van der Waals surface area (Å²) in [6.45, 7) is 4.19. The van der Waals surface area contributed by atoms with Crippen LogP contribution in [0.3, 0.4) is 0 Å². The average Bonchev–Trinajstić information content (AvgIpc) is 3.39. The summed E-state index contributed by atoms with van der Waals surface area (Å²) in [5, 5.41) is 2.88. The van der Waals surface area contributed by atoms with Crippen LogP contribution >= 0.6 is 0 Å². The molecule has 1 aromatic heterocycles. The van der Waals surface area contributed by atoms with E-state index in [1.165, 1.54) is 0 Å². The van der Waals surface area contributed by atoms with Gasteiger partial charge in [0.15, 0.2) is 11.5 Å². The lowest BCUT2D eigenvalue weighted by Crippen LogP contribution is -2.28. The van der Waals surface area contributed by atoms with Crippen molar-refractivity contribution in [2.24, 2.45) is 5.92 Å². The van der Waals surface area contributed by atoms with Crippen LogP contribution in [-0.2, 0) is 9.59 Å². The van der Waals surface area contributed by atoms with Crippen molar-refractivity contribution < 1.29 is 23.8 Å². The molecule has 3 heterocycles. The van der Waals surface area contributed by atoms with Gasteiger partial charge in [-0.1, -0.05) is 6.07 Å². The minimum Gasteiger partial charge on any atom is -0.454 e. The summed E-state index contributed by atoms with van der Waals surface area (Å²) < 4.78 is 16.5. The molecular formula is C24H22N4O5.